The fourth-order valence-electron chi connectivity index (χ4n) is 2.07. The van der Waals surface area contributed by atoms with E-state index in [1.807, 2.05) is 39.0 Å². The Balaban J connectivity index is 2.28. The van der Waals surface area contributed by atoms with Gasteiger partial charge in [0.1, 0.15) is 5.69 Å². The van der Waals surface area contributed by atoms with Crippen LogP contribution in [0, 0.1) is 6.92 Å². The second kappa shape index (κ2) is 7.40. The first-order chi connectivity index (χ1) is 10.4. The van der Waals surface area contributed by atoms with Crippen molar-refractivity contribution in [3.05, 3.63) is 51.3 Å². The molecule has 0 aliphatic rings. The smallest absolute Gasteiger partial charge is 0.272 e. The highest BCUT2D eigenvalue weighted by molar-refractivity contribution is 9.10. The molecule has 0 radical (unpaired) electrons. The van der Waals surface area contributed by atoms with Crippen LogP contribution in [0.1, 0.15) is 41.2 Å². The molecule has 0 unspecified atom stereocenters. The molecule has 0 aliphatic heterocycles. The van der Waals surface area contributed by atoms with Crippen molar-refractivity contribution in [3.63, 3.8) is 0 Å². The number of benzene rings is 1. The van der Waals surface area contributed by atoms with Gasteiger partial charge in [-0.1, -0.05) is 22.0 Å². The third kappa shape index (κ3) is 4.41. The summed E-state index contributed by atoms with van der Waals surface area (Å²) in [5, 5.41) is 3.71. The quantitative estimate of drug-likeness (QED) is 0.696. The first kappa shape index (κ1) is 17.2. The second-order valence-electron chi connectivity index (χ2n) is 5.38. The zero-order chi connectivity index (χ0) is 16.3. The Morgan fingerprint density at radius 1 is 1.36 bits per heavy atom. The number of hydrogen-bond donors (Lipinski definition) is 0. The number of aryl methyl sites for hydroxylation is 1. The molecule has 2 rings (SSSR count). The Hall–Kier alpha value is -1.17. The van der Waals surface area contributed by atoms with Crippen LogP contribution in [-0.2, 0) is 17.9 Å². The van der Waals surface area contributed by atoms with Crippen LogP contribution < -0.4 is 0 Å². The van der Waals surface area contributed by atoms with Crippen molar-refractivity contribution >= 4 is 32.8 Å². The molecule has 6 heteroatoms. The Kier molecular flexibility index (Phi) is 5.78. The number of ether oxygens (including phenoxy) is 1. The molecule has 0 aliphatic carbocycles. The molecule has 0 spiro atoms. The molecule has 1 aromatic carbocycles. The van der Waals surface area contributed by atoms with Gasteiger partial charge < -0.3 is 4.74 Å². The van der Waals surface area contributed by atoms with E-state index >= 15 is 0 Å². The topological polar surface area (TPSA) is 44.1 Å². The van der Waals surface area contributed by atoms with Crippen LogP contribution >= 0.6 is 27.5 Å². The molecular formula is C16H18BrClN2O2. The Labute approximate surface area is 143 Å². The summed E-state index contributed by atoms with van der Waals surface area (Å²) in [6.45, 7) is 7.02. The molecule has 4 nitrogen and oxygen atoms in total. The summed E-state index contributed by atoms with van der Waals surface area (Å²) in [5.41, 5.74) is 3.36. The lowest BCUT2D eigenvalue weighted by Crippen LogP contribution is -2.09. The lowest BCUT2D eigenvalue weighted by atomic mass is 10.1. The third-order valence-electron chi connectivity index (χ3n) is 3.24. The van der Waals surface area contributed by atoms with Gasteiger partial charge in [0.05, 0.1) is 19.3 Å². The maximum Gasteiger partial charge on any atom is 0.272 e. The van der Waals surface area contributed by atoms with Crippen molar-refractivity contribution in [2.45, 2.75) is 40.0 Å². The number of nitrogens with zero attached hydrogens (tertiary/aromatic N) is 2. The van der Waals surface area contributed by atoms with Crippen LogP contribution in [0.25, 0.3) is 0 Å². The molecular weight excluding hydrogens is 368 g/mol. The van der Waals surface area contributed by atoms with E-state index in [-0.39, 0.29) is 11.8 Å². The van der Waals surface area contributed by atoms with E-state index in [4.69, 9.17) is 16.3 Å². The van der Waals surface area contributed by atoms with Crippen molar-refractivity contribution in [1.29, 1.82) is 0 Å². The van der Waals surface area contributed by atoms with Crippen molar-refractivity contribution in [1.82, 2.24) is 9.78 Å². The summed E-state index contributed by atoms with van der Waals surface area (Å²) in [6.07, 6.45) is 0.170. The van der Waals surface area contributed by atoms with Gasteiger partial charge in [-0.15, -0.1) is 0 Å². The molecule has 0 saturated heterocycles. The van der Waals surface area contributed by atoms with Gasteiger partial charge in [-0.25, -0.2) is 0 Å². The maximum atomic E-state index is 11.2. The Morgan fingerprint density at radius 2 is 2.09 bits per heavy atom. The average Bonchev–Trinajstić information content (AvgIpc) is 2.79. The molecule has 22 heavy (non-hydrogen) atoms. The molecule has 2 aromatic rings. The molecule has 0 saturated carbocycles. The predicted octanol–water partition coefficient (Wildman–Crippen LogP) is 4.31. The van der Waals surface area contributed by atoms with E-state index in [0.717, 1.165) is 21.3 Å². The van der Waals surface area contributed by atoms with Gasteiger partial charge in [0.15, 0.2) is 0 Å². The number of carbonyl (C=O) groups excluding carboxylic acids is 1. The standard InChI is InChI=1S/C16H18BrClN2O2/c1-10(2)22-9-12-4-5-14(17)7-13(12)8-20-11(3)6-15(19-20)16(18)21/h4-7,10H,8-9H2,1-3H3. The summed E-state index contributed by atoms with van der Waals surface area (Å²) >= 11 is 8.98. The molecule has 0 atom stereocenters. The van der Waals surface area contributed by atoms with Gasteiger partial charge in [0.25, 0.3) is 5.24 Å². The van der Waals surface area contributed by atoms with E-state index in [2.05, 4.69) is 21.0 Å². The van der Waals surface area contributed by atoms with Crippen molar-refractivity contribution in [2.24, 2.45) is 0 Å². The van der Waals surface area contributed by atoms with Crippen molar-refractivity contribution in [2.75, 3.05) is 0 Å². The summed E-state index contributed by atoms with van der Waals surface area (Å²) in [4.78, 5) is 11.2. The van der Waals surface area contributed by atoms with E-state index < -0.39 is 5.24 Å². The molecule has 1 aromatic heterocycles. The van der Waals surface area contributed by atoms with Gasteiger partial charge in [-0.2, -0.15) is 5.10 Å². The van der Waals surface area contributed by atoms with Crippen molar-refractivity contribution < 1.29 is 9.53 Å². The van der Waals surface area contributed by atoms with Crippen LogP contribution in [0.4, 0.5) is 0 Å². The van der Waals surface area contributed by atoms with Crippen LogP contribution in [-0.4, -0.2) is 21.1 Å². The van der Waals surface area contributed by atoms with Crippen LogP contribution in [0.3, 0.4) is 0 Å². The van der Waals surface area contributed by atoms with Crippen LogP contribution in [0.2, 0.25) is 0 Å². The first-order valence-corrected chi connectivity index (χ1v) is 8.17. The second-order valence-corrected chi connectivity index (χ2v) is 6.63. The van der Waals surface area contributed by atoms with Gasteiger partial charge in [-0.3, -0.25) is 9.48 Å². The normalized spacial score (nSPS) is 11.2. The SMILES string of the molecule is Cc1cc(C(=O)Cl)nn1Cc1cc(Br)ccc1COC(C)C. The molecule has 0 bridgehead atoms. The molecule has 0 N–H and O–H groups in total. The minimum Gasteiger partial charge on any atom is -0.374 e. The lowest BCUT2D eigenvalue weighted by Gasteiger charge is -2.13. The highest BCUT2D eigenvalue weighted by atomic mass is 79.9. The van der Waals surface area contributed by atoms with Gasteiger partial charge in [-0.05, 0) is 61.7 Å². The highest BCUT2D eigenvalue weighted by Crippen LogP contribution is 2.20. The minimum absolute atomic E-state index is 0.170. The van der Waals surface area contributed by atoms with Gasteiger partial charge >= 0.3 is 0 Å². The predicted molar refractivity (Wildman–Crippen MR) is 90.3 cm³/mol. The summed E-state index contributed by atoms with van der Waals surface area (Å²) in [6, 6.07) is 7.76. The Bertz CT molecular complexity index is 683. The fraction of sp³-hybridized carbons (Fsp3) is 0.375. The van der Waals surface area contributed by atoms with Gasteiger partial charge in [0.2, 0.25) is 0 Å². The monoisotopic (exact) mass is 384 g/mol. The van der Waals surface area contributed by atoms with Gasteiger partial charge in [0, 0.05) is 10.2 Å². The molecule has 1 heterocycles. The fourth-order valence-corrected chi connectivity index (χ4v) is 2.57. The maximum absolute atomic E-state index is 11.2. The number of carbonyl (C=O) groups is 1. The van der Waals surface area contributed by atoms with E-state index in [1.165, 1.54) is 0 Å². The minimum atomic E-state index is -0.542. The zero-order valence-electron chi connectivity index (χ0n) is 12.8. The van der Waals surface area contributed by atoms with Crippen LogP contribution in [0.5, 0.6) is 0 Å². The number of halogens is 2. The average molecular weight is 386 g/mol. The van der Waals surface area contributed by atoms with E-state index in [0.29, 0.717) is 13.2 Å². The van der Waals surface area contributed by atoms with E-state index in [1.54, 1.807) is 10.7 Å². The zero-order valence-corrected chi connectivity index (χ0v) is 15.1. The molecule has 0 fully saturated rings. The summed E-state index contributed by atoms with van der Waals surface area (Å²) in [5.74, 6) is 0. The molecule has 0 amide bonds. The molecule has 118 valence electrons. The number of rotatable bonds is 6. The lowest BCUT2D eigenvalue weighted by molar-refractivity contribution is 0.0652. The Morgan fingerprint density at radius 3 is 2.68 bits per heavy atom. The van der Waals surface area contributed by atoms with Crippen molar-refractivity contribution in [3.8, 4) is 0 Å². The highest BCUT2D eigenvalue weighted by Gasteiger charge is 2.12. The van der Waals surface area contributed by atoms with Crippen LogP contribution in [0.15, 0.2) is 28.7 Å². The largest absolute Gasteiger partial charge is 0.374 e. The number of hydrogen-bond acceptors (Lipinski definition) is 3. The summed E-state index contributed by atoms with van der Waals surface area (Å²) < 4.78 is 8.47. The number of aromatic nitrogens is 2. The summed E-state index contributed by atoms with van der Waals surface area (Å²) in [7, 11) is 0. The third-order valence-corrected chi connectivity index (χ3v) is 3.93. The van der Waals surface area contributed by atoms with E-state index in [9.17, 15) is 4.79 Å². The first-order valence-electron chi connectivity index (χ1n) is 7.00.